The van der Waals surface area contributed by atoms with E-state index in [-0.39, 0.29) is 18.6 Å². The minimum absolute atomic E-state index is 0.0380. The lowest BCUT2D eigenvalue weighted by molar-refractivity contribution is -0.122. The Hall–Kier alpha value is -2.41. The fraction of sp³-hybridized carbons (Fsp3) is 0.438. The molecule has 1 saturated heterocycles. The standard InChI is InChI=1S/C16H19N3O4/c1-18-12-6-2-3-7-13(12)19(16(22)15(18)21)10-14(20)17-9-11-5-4-8-23-11/h2-3,6-7,11H,4-5,8-10H2,1H3,(H,17,20). The first kappa shape index (κ1) is 15.5. The van der Waals surface area contributed by atoms with Crippen LogP contribution in [0.2, 0.25) is 0 Å². The Morgan fingerprint density at radius 3 is 2.70 bits per heavy atom. The highest BCUT2D eigenvalue weighted by Gasteiger charge is 2.17. The van der Waals surface area contributed by atoms with Crippen LogP contribution in [-0.2, 0) is 23.1 Å². The van der Waals surface area contributed by atoms with Crippen LogP contribution in [0.4, 0.5) is 0 Å². The van der Waals surface area contributed by atoms with Crippen LogP contribution in [0.15, 0.2) is 33.9 Å². The van der Waals surface area contributed by atoms with Crippen molar-refractivity contribution in [2.24, 2.45) is 7.05 Å². The average Bonchev–Trinajstić information content (AvgIpc) is 3.08. The van der Waals surface area contributed by atoms with E-state index in [0.29, 0.717) is 17.6 Å². The molecule has 1 aromatic carbocycles. The first-order chi connectivity index (χ1) is 11.1. The number of aryl methyl sites for hydroxylation is 1. The van der Waals surface area contributed by atoms with E-state index in [2.05, 4.69) is 5.32 Å². The number of para-hydroxylation sites is 2. The number of carbonyl (C=O) groups excluding carboxylic acids is 1. The number of ether oxygens (including phenoxy) is 1. The second kappa shape index (κ2) is 6.37. The van der Waals surface area contributed by atoms with Crippen molar-refractivity contribution < 1.29 is 9.53 Å². The van der Waals surface area contributed by atoms with E-state index < -0.39 is 11.1 Å². The molecule has 1 atom stereocenters. The van der Waals surface area contributed by atoms with Crippen LogP contribution in [0.3, 0.4) is 0 Å². The topological polar surface area (TPSA) is 82.3 Å². The lowest BCUT2D eigenvalue weighted by Gasteiger charge is -2.14. The maximum absolute atomic E-state index is 12.2. The number of hydrogen-bond donors (Lipinski definition) is 1. The van der Waals surface area contributed by atoms with Gasteiger partial charge in [-0.15, -0.1) is 0 Å². The van der Waals surface area contributed by atoms with Gasteiger partial charge in [0.25, 0.3) is 0 Å². The zero-order chi connectivity index (χ0) is 16.4. The summed E-state index contributed by atoms with van der Waals surface area (Å²) in [4.78, 5) is 36.4. The van der Waals surface area contributed by atoms with Gasteiger partial charge in [0, 0.05) is 20.2 Å². The highest BCUT2D eigenvalue weighted by atomic mass is 16.5. The van der Waals surface area contributed by atoms with Gasteiger partial charge in [-0.1, -0.05) is 12.1 Å². The van der Waals surface area contributed by atoms with Crippen LogP contribution < -0.4 is 16.4 Å². The zero-order valence-electron chi connectivity index (χ0n) is 12.9. The average molecular weight is 317 g/mol. The molecule has 1 N–H and O–H groups in total. The summed E-state index contributed by atoms with van der Waals surface area (Å²) < 4.78 is 7.97. The molecule has 0 bridgehead atoms. The number of benzene rings is 1. The van der Waals surface area contributed by atoms with Crippen molar-refractivity contribution in [3.8, 4) is 0 Å². The highest BCUT2D eigenvalue weighted by Crippen LogP contribution is 2.11. The van der Waals surface area contributed by atoms with Crippen LogP contribution in [0.25, 0.3) is 11.0 Å². The predicted molar refractivity (Wildman–Crippen MR) is 85.4 cm³/mol. The Morgan fingerprint density at radius 1 is 1.26 bits per heavy atom. The van der Waals surface area contributed by atoms with Crippen LogP contribution in [0, 0.1) is 0 Å². The summed E-state index contributed by atoms with van der Waals surface area (Å²) in [5.41, 5.74) is -0.162. The zero-order valence-corrected chi connectivity index (χ0v) is 12.9. The quantitative estimate of drug-likeness (QED) is 0.805. The van der Waals surface area contributed by atoms with Gasteiger partial charge in [0.2, 0.25) is 5.91 Å². The number of carbonyl (C=O) groups is 1. The summed E-state index contributed by atoms with van der Waals surface area (Å²) in [5, 5.41) is 2.77. The van der Waals surface area contributed by atoms with Gasteiger partial charge in [0.1, 0.15) is 6.54 Å². The Balaban J connectivity index is 1.86. The minimum Gasteiger partial charge on any atom is -0.376 e. The number of aromatic nitrogens is 2. The SMILES string of the molecule is Cn1c(=O)c(=O)n(CC(=O)NCC2CCCO2)c2ccccc21. The predicted octanol–water partition coefficient (Wildman–Crippen LogP) is -0.00460. The molecule has 0 aliphatic carbocycles. The normalized spacial score (nSPS) is 17.5. The minimum atomic E-state index is -0.696. The van der Waals surface area contributed by atoms with Crippen molar-refractivity contribution >= 4 is 16.9 Å². The second-order valence-corrected chi connectivity index (χ2v) is 5.68. The summed E-state index contributed by atoms with van der Waals surface area (Å²) in [6.45, 7) is 0.970. The van der Waals surface area contributed by atoms with Gasteiger partial charge in [-0.2, -0.15) is 0 Å². The molecule has 1 aromatic heterocycles. The van der Waals surface area contributed by atoms with Gasteiger partial charge >= 0.3 is 11.1 Å². The molecular weight excluding hydrogens is 298 g/mol. The molecule has 0 saturated carbocycles. The lowest BCUT2D eigenvalue weighted by Crippen LogP contribution is -2.43. The molecular formula is C16H19N3O4. The Bertz CT molecular complexity index is 847. The fourth-order valence-electron chi connectivity index (χ4n) is 2.84. The van der Waals surface area contributed by atoms with Gasteiger partial charge in [-0.25, -0.2) is 0 Å². The van der Waals surface area contributed by atoms with Gasteiger partial charge in [-0.3, -0.25) is 19.0 Å². The summed E-state index contributed by atoms with van der Waals surface area (Å²) in [6.07, 6.45) is 1.96. The van der Waals surface area contributed by atoms with Crippen molar-refractivity contribution in [3.63, 3.8) is 0 Å². The fourth-order valence-corrected chi connectivity index (χ4v) is 2.84. The third-order valence-electron chi connectivity index (χ3n) is 4.12. The van der Waals surface area contributed by atoms with E-state index in [1.807, 2.05) is 0 Å². The molecule has 2 aromatic rings. The molecule has 3 rings (SSSR count). The van der Waals surface area contributed by atoms with E-state index >= 15 is 0 Å². The van der Waals surface area contributed by atoms with E-state index in [9.17, 15) is 14.4 Å². The molecule has 1 aliphatic heterocycles. The van der Waals surface area contributed by atoms with Crippen molar-refractivity contribution in [2.75, 3.05) is 13.2 Å². The molecule has 0 radical (unpaired) electrons. The van der Waals surface area contributed by atoms with Crippen LogP contribution in [-0.4, -0.2) is 34.3 Å². The van der Waals surface area contributed by atoms with Crippen molar-refractivity contribution in [1.82, 2.24) is 14.5 Å². The van der Waals surface area contributed by atoms with Crippen LogP contribution in [0.5, 0.6) is 0 Å². The summed E-state index contributed by atoms with van der Waals surface area (Å²) >= 11 is 0. The number of hydrogen-bond acceptors (Lipinski definition) is 4. The van der Waals surface area contributed by atoms with Gasteiger partial charge in [-0.05, 0) is 25.0 Å². The van der Waals surface area contributed by atoms with E-state index in [1.165, 1.54) is 9.13 Å². The number of fused-ring (bicyclic) bond motifs is 1. The summed E-state index contributed by atoms with van der Waals surface area (Å²) in [6, 6.07) is 7.03. The first-order valence-corrected chi connectivity index (χ1v) is 7.65. The van der Waals surface area contributed by atoms with Crippen molar-refractivity contribution in [2.45, 2.75) is 25.5 Å². The largest absolute Gasteiger partial charge is 0.376 e. The molecule has 1 unspecified atom stereocenters. The number of nitrogens with zero attached hydrogens (tertiary/aromatic N) is 2. The molecule has 2 heterocycles. The van der Waals surface area contributed by atoms with Crippen LogP contribution in [0.1, 0.15) is 12.8 Å². The Labute approximate surface area is 132 Å². The summed E-state index contributed by atoms with van der Waals surface area (Å²) in [7, 11) is 1.55. The van der Waals surface area contributed by atoms with E-state index in [0.717, 1.165) is 19.4 Å². The van der Waals surface area contributed by atoms with E-state index in [4.69, 9.17) is 4.74 Å². The number of amides is 1. The smallest absolute Gasteiger partial charge is 0.317 e. The van der Waals surface area contributed by atoms with Crippen molar-refractivity contribution in [3.05, 3.63) is 45.0 Å². The number of nitrogens with one attached hydrogen (secondary N) is 1. The van der Waals surface area contributed by atoms with Gasteiger partial charge in [0.15, 0.2) is 0 Å². The molecule has 23 heavy (non-hydrogen) atoms. The molecule has 7 nitrogen and oxygen atoms in total. The molecule has 0 spiro atoms. The monoisotopic (exact) mass is 317 g/mol. The van der Waals surface area contributed by atoms with Crippen molar-refractivity contribution in [1.29, 1.82) is 0 Å². The lowest BCUT2D eigenvalue weighted by atomic mass is 10.2. The maximum atomic E-state index is 12.2. The third kappa shape index (κ3) is 3.05. The Kier molecular flexibility index (Phi) is 4.29. The van der Waals surface area contributed by atoms with Gasteiger partial charge < -0.3 is 14.6 Å². The van der Waals surface area contributed by atoms with Gasteiger partial charge in [0.05, 0.1) is 17.1 Å². The number of rotatable bonds is 4. The second-order valence-electron chi connectivity index (χ2n) is 5.68. The van der Waals surface area contributed by atoms with E-state index in [1.54, 1.807) is 31.3 Å². The molecule has 122 valence electrons. The van der Waals surface area contributed by atoms with Crippen LogP contribution >= 0.6 is 0 Å². The highest BCUT2D eigenvalue weighted by molar-refractivity contribution is 5.80. The molecule has 7 heteroatoms. The first-order valence-electron chi connectivity index (χ1n) is 7.65. The third-order valence-corrected chi connectivity index (χ3v) is 4.12. The molecule has 1 fully saturated rings. The maximum Gasteiger partial charge on any atom is 0.317 e. The Morgan fingerprint density at radius 2 is 2.00 bits per heavy atom. The molecule has 1 amide bonds. The summed E-state index contributed by atoms with van der Waals surface area (Å²) in [5.74, 6) is -0.305. The molecule has 1 aliphatic rings.